The van der Waals surface area contributed by atoms with Crippen LogP contribution in [0.15, 0.2) is 12.1 Å². The topological polar surface area (TPSA) is 30.5 Å². The molecule has 1 aliphatic rings. The molecule has 1 N–H and O–H groups in total. The molecule has 1 aromatic carbocycles. The third kappa shape index (κ3) is 4.20. The number of hydrogen-bond acceptors (Lipinski definition) is 4. The highest BCUT2D eigenvalue weighted by Crippen LogP contribution is 2.38. The van der Waals surface area contributed by atoms with E-state index in [0.717, 1.165) is 24.4 Å². The Kier molecular flexibility index (Phi) is 5.67. The van der Waals surface area contributed by atoms with Gasteiger partial charge in [0.1, 0.15) is 13.2 Å². The molecule has 106 valence electrons. The zero-order valence-electron chi connectivity index (χ0n) is 11.4. The molecule has 3 nitrogen and oxygen atoms in total. The number of nitrogens with one attached hydrogen (secondary N) is 1. The van der Waals surface area contributed by atoms with Crippen LogP contribution in [-0.4, -0.2) is 31.8 Å². The van der Waals surface area contributed by atoms with Crippen molar-refractivity contribution in [3.63, 3.8) is 0 Å². The van der Waals surface area contributed by atoms with Gasteiger partial charge in [0.25, 0.3) is 0 Å². The fourth-order valence-corrected chi connectivity index (χ4v) is 3.05. The second-order valence-corrected chi connectivity index (χ2v) is 6.11. The molecule has 1 aromatic rings. The van der Waals surface area contributed by atoms with E-state index in [1.54, 1.807) is 0 Å². The van der Waals surface area contributed by atoms with Gasteiger partial charge >= 0.3 is 0 Å². The van der Waals surface area contributed by atoms with Crippen LogP contribution in [0.5, 0.6) is 11.5 Å². The molecule has 0 fully saturated rings. The maximum Gasteiger partial charge on any atom is 0.179 e. The van der Waals surface area contributed by atoms with Crippen molar-refractivity contribution in [2.75, 3.05) is 31.8 Å². The van der Waals surface area contributed by atoms with Crippen molar-refractivity contribution in [1.82, 2.24) is 5.32 Å². The van der Waals surface area contributed by atoms with Crippen LogP contribution in [0.4, 0.5) is 0 Å². The average Bonchev–Trinajstić information content (AvgIpc) is 2.39. The van der Waals surface area contributed by atoms with E-state index in [-0.39, 0.29) is 0 Å². The average molecular weight is 302 g/mol. The Morgan fingerprint density at radius 2 is 2.16 bits per heavy atom. The monoisotopic (exact) mass is 301 g/mol. The van der Waals surface area contributed by atoms with Crippen molar-refractivity contribution in [3.05, 3.63) is 22.7 Å². The maximum atomic E-state index is 6.20. The molecule has 0 aromatic heterocycles. The summed E-state index contributed by atoms with van der Waals surface area (Å²) in [7, 11) is 0. The Bertz CT molecular complexity index is 428. The number of fused-ring (bicyclic) bond motifs is 1. The lowest BCUT2D eigenvalue weighted by Gasteiger charge is -2.20. The quantitative estimate of drug-likeness (QED) is 0.874. The molecule has 0 spiro atoms. The van der Waals surface area contributed by atoms with Crippen LogP contribution in [0.2, 0.25) is 5.02 Å². The Labute approximate surface area is 124 Å². The SMILES string of the molecule is CSCC(C)CNCc1cc(Cl)c2c(c1)OCCO2. The molecule has 1 aliphatic heterocycles. The van der Waals surface area contributed by atoms with Gasteiger partial charge in [0.05, 0.1) is 5.02 Å². The standard InChI is InChI=1S/C14H20ClNO2S/c1-10(9-19-2)7-16-8-11-5-12(15)14-13(6-11)17-3-4-18-14/h5-6,10,16H,3-4,7-9H2,1-2H3. The van der Waals surface area contributed by atoms with Gasteiger partial charge in [0.2, 0.25) is 0 Å². The highest BCUT2D eigenvalue weighted by Gasteiger charge is 2.16. The number of rotatable bonds is 6. The molecule has 0 radical (unpaired) electrons. The minimum atomic E-state index is 0.566. The number of benzene rings is 1. The summed E-state index contributed by atoms with van der Waals surface area (Å²) in [4.78, 5) is 0. The molecule has 2 rings (SSSR count). The summed E-state index contributed by atoms with van der Waals surface area (Å²) in [6.07, 6.45) is 2.14. The predicted octanol–water partition coefficient (Wildman–Crippen LogP) is 3.20. The highest BCUT2D eigenvalue weighted by molar-refractivity contribution is 7.98. The van der Waals surface area contributed by atoms with Gasteiger partial charge < -0.3 is 14.8 Å². The van der Waals surface area contributed by atoms with Crippen LogP contribution < -0.4 is 14.8 Å². The lowest BCUT2D eigenvalue weighted by Crippen LogP contribution is -2.22. The van der Waals surface area contributed by atoms with Gasteiger partial charge in [0.15, 0.2) is 11.5 Å². The summed E-state index contributed by atoms with van der Waals surface area (Å²) in [6, 6.07) is 3.95. The lowest BCUT2D eigenvalue weighted by atomic mass is 10.1. The predicted molar refractivity (Wildman–Crippen MR) is 81.7 cm³/mol. The summed E-state index contributed by atoms with van der Waals surface area (Å²) >= 11 is 8.08. The van der Waals surface area contributed by atoms with Crippen LogP contribution >= 0.6 is 23.4 Å². The zero-order chi connectivity index (χ0) is 13.7. The molecule has 0 bridgehead atoms. The zero-order valence-corrected chi connectivity index (χ0v) is 12.9. The summed E-state index contributed by atoms with van der Waals surface area (Å²) in [5.74, 6) is 3.28. The van der Waals surface area contributed by atoms with Crippen molar-refractivity contribution >= 4 is 23.4 Å². The summed E-state index contributed by atoms with van der Waals surface area (Å²) in [5.41, 5.74) is 1.13. The van der Waals surface area contributed by atoms with E-state index in [2.05, 4.69) is 18.5 Å². The van der Waals surface area contributed by atoms with Gasteiger partial charge in [-0.25, -0.2) is 0 Å². The first-order valence-corrected chi connectivity index (χ1v) is 8.25. The molecule has 19 heavy (non-hydrogen) atoms. The van der Waals surface area contributed by atoms with Crippen molar-refractivity contribution in [1.29, 1.82) is 0 Å². The lowest BCUT2D eigenvalue weighted by molar-refractivity contribution is 0.171. The Morgan fingerprint density at radius 3 is 2.95 bits per heavy atom. The first kappa shape index (κ1) is 14.8. The fraction of sp³-hybridized carbons (Fsp3) is 0.571. The number of thioether (sulfide) groups is 1. The maximum absolute atomic E-state index is 6.20. The summed E-state index contributed by atoms with van der Waals surface area (Å²) in [6.45, 7) is 5.21. The Balaban J connectivity index is 1.92. The van der Waals surface area contributed by atoms with E-state index < -0.39 is 0 Å². The second-order valence-electron chi connectivity index (χ2n) is 4.79. The molecular weight excluding hydrogens is 282 g/mol. The number of halogens is 1. The smallest absolute Gasteiger partial charge is 0.179 e. The fourth-order valence-electron chi connectivity index (χ4n) is 2.07. The molecule has 0 amide bonds. The van der Waals surface area contributed by atoms with Gasteiger partial charge in [-0.2, -0.15) is 11.8 Å². The molecule has 1 heterocycles. The van der Waals surface area contributed by atoms with Gasteiger partial charge in [-0.3, -0.25) is 0 Å². The van der Waals surface area contributed by atoms with Gasteiger partial charge in [0, 0.05) is 6.54 Å². The second kappa shape index (κ2) is 7.27. The molecule has 0 saturated carbocycles. The summed E-state index contributed by atoms with van der Waals surface area (Å²) < 4.78 is 11.1. The molecule has 5 heteroatoms. The van der Waals surface area contributed by atoms with E-state index in [1.807, 2.05) is 23.9 Å². The Hall–Kier alpha value is -0.580. The van der Waals surface area contributed by atoms with Crippen molar-refractivity contribution in [2.45, 2.75) is 13.5 Å². The molecule has 0 saturated heterocycles. The number of hydrogen-bond donors (Lipinski definition) is 1. The van der Waals surface area contributed by atoms with Gasteiger partial charge in [-0.1, -0.05) is 18.5 Å². The van der Waals surface area contributed by atoms with Crippen molar-refractivity contribution in [2.24, 2.45) is 5.92 Å². The van der Waals surface area contributed by atoms with Crippen LogP contribution in [0, 0.1) is 5.92 Å². The highest BCUT2D eigenvalue weighted by atomic mass is 35.5. The third-order valence-corrected chi connectivity index (χ3v) is 4.11. The first-order valence-electron chi connectivity index (χ1n) is 6.48. The molecular formula is C14H20ClNO2S. The minimum absolute atomic E-state index is 0.566. The van der Waals surface area contributed by atoms with Crippen LogP contribution in [0.1, 0.15) is 12.5 Å². The van der Waals surface area contributed by atoms with Gasteiger partial charge in [-0.05, 0) is 42.2 Å². The normalized spacial score (nSPS) is 15.3. The van der Waals surface area contributed by atoms with Crippen LogP contribution in [0.3, 0.4) is 0 Å². The van der Waals surface area contributed by atoms with Crippen LogP contribution in [0.25, 0.3) is 0 Å². The van der Waals surface area contributed by atoms with E-state index in [4.69, 9.17) is 21.1 Å². The van der Waals surface area contributed by atoms with E-state index >= 15 is 0 Å². The van der Waals surface area contributed by atoms with E-state index in [1.165, 1.54) is 5.75 Å². The van der Waals surface area contributed by atoms with E-state index in [9.17, 15) is 0 Å². The molecule has 1 unspecified atom stereocenters. The van der Waals surface area contributed by atoms with Crippen molar-refractivity contribution < 1.29 is 9.47 Å². The molecule has 1 atom stereocenters. The summed E-state index contributed by atoms with van der Waals surface area (Å²) in [5, 5.41) is 4.08. The van der Waals surface area contributed by atoms with Crippen LogP contribution in [-0.2, 0) is 6.54 Å². The largest absolute Gasteiger partial charge is 0.486 e. The van der Waals surface area contributed by atoms with E-state index in [0.29, 0.717) is 29.9 Å². The third-order valence-electron chi connectivity index (χ3n) is 2.93. The number of ether oxygens (including phenoxy) is 2. The first-order chi connectivity index (χ1) is 9.20. The van der Waals surface area contributed by atoms with Gasteiger partial charge in [-0.15, -0.1) is 0 Å². The minimum Gasteiger partial charge on any atom is -0.486 e. The Morgan fingerprint density at radius 1 is 1.37 bits per heavy atom. The molecule has 0 aliphatic carbocycles. The van der Waals surface area contributed by atoms with Crippen molar-refractivity contribution in [3.8, 4) is 11.5 Å².